The zero-order valence-electron chi connectivity index (χ0n) is 9.95. The van der Waals surface area contributed by atoms with Gasteiger partial charge in [0.1, 0.15) is 11.2 Å². The van der Waals surface area contributed by atoms with Crippen LogP contribution in [0.5, 0.6) is 0 Å². The minimum absolute atomic E-state index is 0.185. The predicted molar refractivity (Wildman–Crippen MR) is 72.6 cm³/mol. The van der Waals surface area contributed by atoms with Gasteiger partial charge in [0, 0.05) is 11.8 Å². The van der Waals surface area contributed by atoms with Gasteiger partial charge in [0.2, 0.25) is 0 Å². The third-order valence-corrected chi connectivity index (χ3v) is 3.12. The van der Waals surface area contributed by atoms with Gasteiger partial charge in [-0.25, -0.2) is 4.98 Å². The monoisotopic (exact) mass is 250 g/mol. The van der Waals surface area contributed by atoms with E-state index in [1.807, 2.05) is 53.2 Å². The molecule has 0 aliphatic carbocycles. The van der Waals surface area contributed by atoms with Gasteiger partial charge in [-0.3, -0.25) is 4.40 Å². The second-order valence-electron chi connectivity index (χ2n) is 4.31. The molecule has 2 N–H and O–H groups in total. The van der Waals surface area contributed by atoms with Gasteiger partial charge < -0.3 is 10.2 Å². The molecular formula is C14H10N4O. The van der Waals surface area contributed by atoms with E-state index in [1.54, 1.807) is 0 Å². The number of aromatic nitrogens is 3. The maximum absolute atomic E-state index is 5.55. The summed E-state index contributed by atoms with van der Waals surface area (Å²) in [6.45, 7) is 0. The molecule has 0 aliphatic heterocycles. The number of nitrogen functional groups attached to an aromatic ring is 1. The highest BCUT2D eigenvalue weighted by atomic mass is 16.4. The molecule has 0 aliphatic rings. The molecule has 0 fully saturated rings. The van der Waals surface area contributed by atoms with E-state index in [0.717, 1.165) is 22.4 Å². The van der Waals surface area contributed by atoms with Crippen molar-refractivity contribution in [3.63, 3.8) is 0 Å². The summed E-state index contributed by atoms with van der Waals surface area (Å²) in [5, 5.41) is 0. The molecule has 3 aromatic heterocycles. The number of rotatable bonds is 1. The number of nitrogens with two attached hydrogens (primary N) is 1. The Bertz CT molecular complexity index is 891. The van der Waals surface area contributed by atoms with E-state index >= 15 is 0 Å². The Hall–Kier alpha value is -2.82. The molecule has 0 saturated carbocycles. The zero-order valence-corrected chi connectivity index (χ0v) is 9.95. The topological polar surface area (TPSA) is 69.3 Å². The second-order valence-corrected chi connectivity index (χ2v) is 4.31. The molecule has 1 aromatic carbocycles. The maximum Gasteiger partial charge on any atom is 0.292 e. The molecule has 0 bridgehead atoms. The molecular weight excluding hydrogens is 240 g/mol. The SMILES string of the molecule is Nc1nc2cc(-c3cnc4ccccn34)ccc2o1. The maximum atomic E-state index is 5.55. The zero-order chi connectivity index (χ0) is 12.8. The van der Waals surface area contributed by atoms with Crippen LogP contribution in [0.25, 0.3) is 28.0 Å². The van der Waals surface area contributed by atoms with Gasteiger partial charge in [-0.2, -0.15) is 4.98 Å². The molecule has 0 unspecified atom stereocenters. The van der Waals surface area contributed by atoms with Crippen molar-refractivity contribution in [2.45, 2.75) is 0 Å². The second kappa shape index (κ2) is 3.58. The van der Waals surface area contributed by atoms with E-state index in [2.05, 4.69) is 9.97 Å². The number of oxazole rings is 1. The summed E-state index contributed by atoms with van der Waals surface area (Å²) in [4.78, 5) is 8.52. The van der Waals surface area contributed by atoms with Gasteiger partial charge in [0.05, 0.1) is 11.9 Å². The first-order valence-corrected chi connectivity index (χ1v) is 5.90. The van der Waals surface area contributed by atoms with E-state index in [4.69, 9.17) is 10.2 Å². The lowest BCUT2D eigenvalue weighted by atomic mass is 10.1. The number of hydrogen-bond acceptors (Lipinski definition) is 4. The Kier molecular flexibility index (Phi) is 1.91. The van der Waals surface area contributed by atoms with Crippen molar-refractivity contribution in [2.24, 2.45) is 0 Å². The van der Waals surface area contributed by atoms with Gasteiger partial charge >= 0.3 is 0 Å². The van der Waals surface area contributed by atoms with E-state index in [-0.39, 0.29) is 6.01 Å². The Morgan fingerprint density at radius 3 is 3.05 bits per heavy atom. The standard InChI is InChI=1S/C14H10N4O/c15-14-17-10-7-9(4-5-12(10)19-14)11-8-16-13-3-1-2-6-18(11)13/h1-8H,(H2,15,17). The largest absolute Gasteiger partial charge is 0.424 e. The Morgan fingerprint density at radius 2 is 2.11 bits per heavy atom. The molecule has 92 valence electrons. The fourth-order valence-corrected chi connectivity index (χ4v) is 2.25. The van der Waals surface area contributed by atoms with E-state index < -0.39 is 0 Å². The first-order valence-electron chi connectivity index (χ1n) is 5.90. The van der Waals surface area contributed by atoms with Crippen molar-refractivity contribution in [3.8, 4) is 11.3 Å². The van der Waals surface area contributed by atoms with Crippen LogP contribution in [0.15, 0.2) is 53.2 Å². The fourth-order valence-electron chi connectivity index (χ4n) is 2.25. The van der Waals surface area contributed by atoms with Gasteiger partial charge in [0.15, 0.2) is 5.58 Å². The minimum Gasteiger partial charge on any atom is -0.424 e. The molecule has 0 atom stereocenters. The third kappa shape index (κ3) is 1.48. The number of benzene rings is 1. The fraction of sp³-hybridized carbons (Fsp3) is 0. The van der Waals surface area contributed by atoms with E-state index in [9.17, 15) is 0 Å². The van der Waals surface area contributed by atoms with Crippen LogP contribution in [0.3, 0.4) is 0 Å². The van der Waals surface area contributed by atoms with Crippen molar-refractivity contribution in [2.75, 3.05) is 5.73 Å². The molecule has 3 heterocycles. The van der Waals surface area contributed by atoms with Crippen LogP contribution < -0.4 is 5.73 Å². The molecule has 4 aromatic rings. The minimum atomic E-state index is 0.185. The molecule has 4 rings (SSSR count). The van der Waals surface area contributed by atoms with Crippen LogP contribution in [0.1, 0.15) is 0 Å². The van der Waals surface area contributed by atoms with Crippen LogP contribution in [0, 0.1) is 0 Å². The van der Waals surface area contributed by atoms with Crippen LogP contribution >= 0.6 is 0 Å². The Morgan fingerprint density at radius 1 is 1.16 bits per heavy atom. The third-order valence-electron chi connectivity index (χ3n) is 3.12. The first-order chi connectivity index (χ1) is 9.31. The molecule has 5 heteroatoms. The van der Waals surface area contributed by atoms with Gasteiger partial charge in [0.25, 0.3) is 6.01 Å². The molecule has 0 radical (unpaired) electrons. The summed E-state index contributed by atoms with van der Waals surface area (Å²) in [6.07, 6.45) is 3.83. The van der Waals surface area contributed by atoms with Gasteiger partial charge in [-0.15, -0.1) is 0 Å². The number of nitrogens with zero attached hydrogens (tertiary/aromatic N) is 3. The number of hydrogen-bond donors (Lipinski definition) is 1. The van der Waals surface area contributed by atoms with Crippen LogP contribution in [0.4, 0.5) is 6.01 Å². The highest BCUT2D eigenvalue weighted by Crippen LogP contribution is 2.25. The Balaban J connectivity index is 1.98. The number of anilines is 1. The van der Waals surface area contributed by atoms with Crippen molar-refractivity contribution >= 4 is 22.8 Å². The van der Waals surface area contributed by atoms with Crippen molar-refractivity contribution < 1.29 is 4.42 Å². The smallest absolute Gasteiger partial charge is 0.292 e. The Labute approximate surface area is 108 Å². The lowest BCUT2D eigenvalue weighted by molar-refractivity contribution is 0.626. The lowest BCUT2D eigenvalue weighted by Crippen LogP contribution is -1.87. The van der Waals surface area contributed by atoms with Crippen molar-refractivity contribution in [3.05, 3.63) is 48.8 Å². The summed E-state index contributed by atoms with van der Waals surface area (Å²) in [6, 6.07) is 11.9. The van der Waals surface area contributed by atoms with Crippen LogP contribution in [0.2, 0.25) is 0 Å². The molecule has 19 heavy (non-hydrogen) atoms. The predicted octanol–water partition coefficient (Wildman–Crippen LogP) is 2.72. The molecule has 0 saturated heterocycles. The molecule has 0 amide bonds. The lowest BCUT2D eigenvalue weighted by Gasteiger charge is -2.01. The average Bonchev–Trinajstić information content (AvgIpc) is 2.99. The summed E-state index contributed by atoms with van der Waals surface area (Å²) in [5.41, 5.74) is 9.95. The number of pyridine rings is 1. The summed E-state index contributed by atoms with van der Waals surface area (Å²) in [7, 11) is 0. The summed E-state index contributed by atoms with van der Waals surface area (Å²) < 4.78 is 7.30. The number of imidazole rings is 1. The van der Waals surface area contributed by atoms with E-state index in [0.29, 0.717) is 5.58 Å². The van der Waals surface area contributed by atoms with Gasteiger partial charge in [-0.1, -0.05) is 6.07 Å². The molecule has 0 spiro atoms. The normalized spacial score (nSPS) is 11.4. The summed E-state index contributed by atoms with van der Waals surface area (Å²) in [5.74, 6) is 0. The van der Waals surface area contributed by atoms with E-state index in [1.165, 1.54) is 0 Å². The molecule has 5 nitrogen and oxygen atoms in total. The average molecular weight is 250 g/mol. The highest BCUT2D eigenvalue weighted by Gasteiger charge is 2.08. The van der Waals surface area contributed by atoms with Crippen molar-refractivity contribution in [1.82, 2.24) is 14.4 Å². The summed E-state index contributed by atoms with van der Waals surface area (Å²) >= 11 is 0. The van der Waals surface area contributed by atoms with Crippen LogP contribution in [-0.2, 0) is 0 Å². The van der Waals surface area contributed by atoms with Crippen molar-refractivity contribution in [1.29, 1.82) is 0 Å². The highest BCUT2D eigenvalue weighted by molar-refractivity contribution is 5.81. The quantitative estimate of drug-likeness (QED) is 0.564. The van der Waals surface area contributed by atoms with Gasteiger partial charge in [-0.05, 0) is 30.3 Å². The first kappa shape index (κ1) is 10.1. The van der Waals surface area contributed by atoms with Crippen LogP contribution in [-0.4, -0.2) is 14.4 Å². The number of fused-ring (bicyclic) bond motifs is 2.